The Morgan fingerprint density at radius 1 is 1.24 bits per heavy atom. The van der Waals surface area contributed by atoms with Gasteiger partial charge >= 0.3 is 0 Å². The van der Waals surface area contributed by atoms with E-state index >= 15 is 0 Å². The van der Waals surface area contributed by atoms with Crippen molar-refractivity contribution in [2.45, 2.75) is 50.9 Å². The summed E-state index contributed by atoms with van der Waals surface area (Å²) in [6, 6.07) is 12.9. The van der Waals surface area contributed by atoms with Crippen LogP contribution >= 0.6 is 0 Å². The van der Waals surface area contributed by atoms with Crippen LogP contribution in [0.15, 0.2) is 41.4 Å². The van der Waals surface area contributed by atoms with Gasteiger partial charge in [0, 0.05) is 30.6 Å². The van der Waals surface area contributed by atoms with Gasteiger partial charge in [-0.2, -0.15) is 0 Å². The number of hydrogen-bond donors (Lipinski definition) is 2. The Kier molecular flexibility index (Phi) is 4.83. The van der Waals surface area contributed by atoms with E-state index < -0.39 is 0 Å². The van der Waals surface area contributed by atoms with E-state index in [9.17, 15) is 0 Å². The zero-order valence-electron chi connectivity index (χ0n) is 14.7. The Hall–Kier alpha value is -2.14. The van der Waals surface area contributed by atoms with Crippen LogP contribution < -0.4 is 10.6 Å². The Bertz CT molecular complexity index is 760. The summed E-state index contributed by atoms with van der Waals surface area (Å²) >= 11 is 0. The highest BCUT2D eigenvalue weighted by atomic mass is 16.5. The van der Waals surface area contributed by atoms with Crippen molar-refractivity contribution in [3.05, 3.63) is 42.1 Å². The number of guanidine groups is 1. The first kappa shape index (κ1) is 16.3. The zero-order chi connectivity index (χ0) is 17.1. The Morgan fingerprint density at radius 3 is 2.96 bits per heavy atom. The molecule has 3 atom stereocenters. The molecule has 0 spiro atoms. The first-order valence-corrected chi connectivity index (χ1v) is 9.37. The van der Waals surface area contributed by atoms with Crippen LogP contribution in [0.3, 0.4) is 0 Å². The third-order valence-corrected chi connectivity index (χ3v) is 5.07. The number of ether oxygens (including phenoxy) is 1. The molecule has 0 amide bonds. The molecule has 0 radical (unpaired) electrons. The number of hydrogen-bond acceptors (Lipinski definition) is 3. The molecule has 0 saturated carbocycles. The van der Waals surface area contributed by atoms with Gasteiger partial charge in [0.25, 0.3) is 0 Å². The molecule has 1 aromatic heterocycles. The summed E-state index contributed by atoms with van der Waals surface area (Å²) in [5.74, 6) is 0.893. The minimum absolute atomic E-state index is 0.357. The topological polar surface area (TPSA) is 58.5 Å². The smallest absolute Gasteiger partial charge is 0.191 e. The van der Waals surface area contributed by atoms with E-state index in [0.717, 1.165) is 43.1 Å². The SMILES string of the molecule is CCNC(=NCCc1ccc2ccccc2n1)NC1CC2CCC1O2. The van der Waals surface area contributed by atoms with Crippen molar-refractivity contribution in [3.8, 4) is 0 Å². The van der Waals surface area contributed by atoms with Crippen LogP contribution in [-0.4, -0.2) is 42.3 Å². The third-order valence-electron chi connectivity index (χ3n) is 5.07. The number of nitrogens with one attached hydrogen (secondary N) is 2. The maximum atomic E-state index is 5.92. The molecule has 2 bridgehead atoms. The van der Waals surface area contributed by atoms with Crippen molar-refractivity contribution in [3.63, 3.8) is 0 Å². The third kappa shape index (κ3) is 3.76. The van der Waals surface area contributed by atoms with Gasteiger partial charge in [0.05, 0.1) is 23.8 Å². The lowest BCUT2D eigenvalue weighted by Gasteiger charge is -2.22. The van der Waals surface area contributed by atoms with Gasteiger partial charge in [0.2, 0.25) is 0 Å². The molecule has 1 aromatic carbocycles. The van der Waals surface area contributed by atoms with Crippen LogP contribution in [0.2, 0.25) is 0 Å². The average Bonchev–Trinajstić information content (AvgIpc) is 3.25. The molecular formula is C20H26N4O. The van der Waals surface area contributed by atoms with E-state index in [1.807, 2.05) is 12.1 Å². The first-order valence-electron chi connectivity index (χ1n) is 9.37. The molecule has 25 heavy (non-hydrogen) atoms. The molecular weight excluding hydrogens is 312 g/mol. The number of benzene rings is 1. The summed E-state index contributed by atoms with van der Waals surface area (Å²) in [6.45, 7) is 3.68. The normalized spacial score (nSPS) is 25.5. The van der Waals surface area contributed by atoms with Gasteiger partial charge in [-0.25, -0.2) is 0 Å². The van der Waals surface area contributed by atoms with E-state index in [1.165, 1.54) is 18.2 Å². The second-order valence-electron chi connectivity index (χ2n) is 6.87. The molecule has 3 heterocycles. The maximum Gasteiger partial charge on any atom is 0.191 e. The molecule has 132 valence electrons. The Labute approximate surface area is 148 Å². The van der Waals surface area contributed by atoms with E-state index in [-0.39, 0.29) is 0 Å². The summed E-state index contributed by atoms with van der Waals surface area (Å²) in [6.07, 6.45) is 5.13. The van der Waals surface area contributed by atoms with Crippen LogP contribution in [0, 0.1) is 0 Å². The Balaban J connectivity index is 1.37. The second-order valence-corrected chi connectivity index (χ2v) is 6.87. The second kappa shape index (κ2) is 7.40. The molecule has 3 unspecified atom stereocenters. The minimum atomic E-state index is 0.357. The minimum Gasteiger partial charge on any atom is -0.373 e. The van der Waals surface area contributed by atoms with Crippen molar-refractivity contribution in [1.29, 1.82) is 0 Å². The molecule has 2 fully saturated rings. The molecule has 2 aliphatic heterocycles. The zero-order valence-corrected chi connectivity index (χ0v) is 14.7. The van der Waals surface area contributed by atoms with Gasteiger partial charge < -0.3 is 15.4 Å². The summed E-state index contributed by atoms with van der Waals surface area (Å²) in [5.41, 5.74) is 2.13. The highest BCUT2D eigenvalue weighted by Crippen LogP contribution is 2.34. The average molecular weight is 338 g/mol. The van der Waals surface area contributed by atoms with E-state index in [2.05, 4.69) is 41.8 Å². The van der Waals surface area contributed by atoms with Crippen LogP contribution in [0.25, 0.3) is 10.9 Å². The van der Waals surface area contributed by atoms with Crippen molar-refractivity contribution in [2.75, 3.05) is 13.1 Å². The van der Waals surface area contributed by atoms with Gasteiger partial charge in [0.1, 0.15) is 0 Å². The van der Waals surface area contributed by atoms with Gasteiger partial charge in [-0.3, -0.25) is 9.98 Å². The quantitative estimate of drug-likeness (QED) is 0.650. The standard InChI is InChI=1S/C20H26N4O/c1-2-21-20(24-18-13-16-9-10-19(18)25-16)22-12-11-15-8-7-14-5-3-4-6-17(14)23-15/h3-8,16,18-19H,2,9-13H2,1H3,(H2,21,22,24). The summed E-state index contributed by atoms with van der Waals surface area (Å²) in [4.78, 5) is 9.46. The highest BCUT2D eigenvalue weighted by molar-refractivity contribution is 5.80. The highest BCUT2D eigenvalue weighted by Gasteiger charge is 2.41. The molecule has 0 aliphatic carbocycles. The first-order chi connectivity index (χ1) is 12.3. The fraction of sp³-hybridized carbons (Fsp3) is 0.500. The summed E-state index contributed by atoms with van der Waals surface area (Å²) < 4.78 is 5.92. The van der Waals surface area contributed by atoms with Gasteiger partial charge in [-0.05, 0) is 38.3 Å². The molecule has 5 nitrogen and oxygen atoms in total. The lowest BCUT2D eigenvalue weighted by atomic mass is 9.96. The van der Waals surface area contributed by atoms with E-state index in [0.29, 0.717) is 18.2 Å². The van der Waals surface area contributed by atoms with Crippen LogP contribution in [0.1, 0.15) is 31.9 Å². The van der Waals surface area contributed by atoms with Crippen molar-refractivity contribution < 1.29 is 4.74 Å². The number of rotatable bonds is 5. The Morgan fingerprint density at radius 2 is 2.16 bits per heavy atom. The molecule has 4 rings (SSSR count). The predicted octanol–water partition coefficient (Wildman–Crippen LogP) is 2.65. The number of fused-ring (bicyclic) bond motifs is 3. The number of para-hydroxylation sites is 1. The molecule has 5 heteroatoms. The molecule has 2 N–H and O–H groups in total. The molecule has 2 aliphatic rings. The predicted molar refractivity (Wildman–Crippen MR) is 101 cm³/mol. The summed E-state index contributed by atoms with van der Waals surface area (Å²) in [5, 5.41) is 8.09. The largest absolute Gasteiger partial charge is 0.373 e. The number of nitrogens with zero attached hydrogens (tertiary/aromatic N) is 2. The lowest BCUT2D eigenvalue weighted by molar-refractivity contribution is 0.0992. The number of aromatic nitrogens is 1. The van der Waals surface area contributed by atoms with Gasteiger partial charge in [-0.15, -0.1) is 0 Å². The van der Waals surface area contributed by atoms with Crippen molar-refractivity contribution >= 4 is 16.9 Å². The van der Waals surface area contributed by atoms with Crippen molar-refractivity contribution in [2.24, 2.45) is 4.99 Å². The summed E-state index contributed by atoms with van der Waals surface area (Å²) in [7, 11) is 0. The van der Waals surface area contributed by atoms with E-state index in [4.69, 9.17) is 14.7 Å². The molecule has 2 saturated heterocycles. The fourth-order valence-corrected chi connectivity index (χ4v) is 3.82. The van der Waals surface area contributed by atoms with Gasteiger partial charge in [-0.1, -0.05) is 24.3 Å². The van der Waals surface area contributed by atoms with Crippen LogP contribution in [0.4, 0.5) is 0 Å². The van der Waals surface area contributed by atoms with Crippen molar-refractivity contribution in [1.82, 2.24) is 15.6 Å². The number of pyridine rings is 1. The maximum absolute atomic E-state index is 5.92. The number of aliphatic imine (C=N–C) groups is 1. The van der Waals surface area contributed by atoms with Crippen LogP contribution in [0.5, 0.6) is 0 Å². The molecule has 2 aromatic rings. The van der Waals surface area contributed by atoms with E-state index in [1.54, 1.807) is 0 Å². The monoisotopic (exact) mass is 338 g/mol. The van der Waals surface area contributed by atoms with Gasteiger partial charge in [0.15, 0.2) is 5.96 Å². The van der Waals surface area contributed by atoms with Crippen LogP contribution in [-0.2, 0) is 11.2 Å². The lowest BCUT2D eigenvalue weighted by Crippen LogP contribution is -2.47. The fourth-order valence-electron chi connectivity index (χ4n) is 3.82.